The fourth-order valence-corrected chi connectivity index (χ4v) is 3.08. The van der Waals surface area contributed by atoms with Crippen LogP contribution in [0.2, 0.25) is 0 Å². The van der Waals surface area contributed by atoms with E-state index in [1.54, 1.807) is 12.1 Å². The van der Waals surface area contributed by atoms with Crippen LogP contribution in [0.15, 0.2) is 58.2 Å². The molecule has 1 fully saturated rings. The average molecular weight is 372 g/mol. The van der Waals surface area contributed by atoms with Crippen LogP contribution in [0.1, 0.15) is 47.7 Å². The molecule has 23 heavy (non-hydrogen) atoms. The smallest absolute Gasteiger partial charge is 0.267 e. The lowest BCUT2D eigenvalue weighted by atomic mass is 9.85. The normalized spacial score (nSPS) is 19.5. The van der Waals surface area contributed by atoms with Crippen molar-refractivity contribution in [3.63, 3.8) is 0 Å². The first kappa shape index (κ1) is 15.9. The zero-order valence-corrected chi connectivity index (χ0v) is 14.3. The first-order chi connectivity index (χ1) is 11.2. The molecule has 1 saturated carbocycles. The van der Waals surface area contributed by atoms with Crippen molar-refractivity contribution in [2.45, 2.75) is 31.6 Å². The number of hydrazone groups is 1. The summed E-state index contributed by atoms with van der Waals surface area (Å²) in [6.45, 7) is 0. The van der Waals surface area contributed by atoms with Crippen LogP contribution in [-0.2, 0) is 0 Å². The Morgan fingerprint density at radius 1 is 1.17 bits per heavy atom. The van der Waals surface area contributed by atoms with Crippen LogP contribution in [0.5, 0.6) is 0 Å². The number of pyridine rings is 1. The minimum atomic E-state index is -0.185. The van der Waals surface area contributed by atoms with Gasteiger partial charge in [-0.3, -0.25) is 9.78 Å². The summed E-state index contributed by atoms with van der Waals surface area (Å²) >= 11 is 3.36. The molecule has 3 rings (SSSR count). The molecule has 1 amide bonds. The van der Waals surface area contributed by atoms with E-state index in [1.807, 2.05) is 36.5 Å². The Hall–Kier alpha value is -2.01. The van der Waals surface area contributed by atoms with Crippen molar-refractivity contribution in [3.8, 4) is 0 Å². The van der Waals surface area contributed by atoms with Crippen molar-refractivity contribution < 1.29 is 4.79 Å². The molecule has 0 spiro atoms. The van der Waals surface area contributed by atoms with Gasteiger partial charge < -0.3 is 0 Å². The van der Waals surface area contributed by atoms with Crippen molar-refractivity contribution in [2.75, 3.05) is 0 Å². The summed E-state index contributed by atoms with van der Waals surface area (Å²) in [7, 11) is 0. The molecule has 1 aromatic heterocycles. The molecule has 1 heterocycles. The highest BCUT2D eigenvalue weighted by Crippen LogP contribution is 2.29. The molecule has 1 aromatic carbocycles. The number of nitrogens with zero attached hydrogens (tertiary/aromatic N) is 2. The number of hydrogen-bond donors (Lipinski definition) is 1. The minimum absolute atomic E-state index is 0.185. The standard InChI is InChI=1S/C18H18BrN3O/c19-14-10-8-13(9-11-14)18(23)22-21-17-7-2-1-5-15(17)16-6-3-4-12-20-16/h3-4,6,8-12,15H,1-2,5,7H2,(H,22,23). The lowest BCUT2D eigenvalue weighted by molar-refractivity contribution is 0.0954. The van der Waals surface area contributed by atoms with Gasteiger partial charge in [-0.2, -0.15) is 5.10 Å². The van der Waals surface area contributed by atoms with Gasteiger partial charge >= 0.3 is 0 Å². The van der Waals surface area contributed by atoms with Gasteiger partial charge in [0.15, 0.2) is 0 Å². The highest BCUT2D eigenvalue weighted by atomic mass is 79.9. The monoisotopic (exact) mass is 371 g/mol. The molecule has 0 bridgehead atoms. The topological polar surface area (TPSA) is 54.4 Å². The minimum Gasteiger partial charge on any atom is -0.267 e. The first-order valence-corrected chi connectivity index (χ1v) is 8.56. The second-order valence-corrected chi connectivity index (χ2v) is 6.52. The van der Waals surface area contributed by atoms with Crippen molar-refractivity contribution in [1.29, 1.82) is 0 Å². The van der Waals surface area contributed by atoms with Crippen LogP contribution in [0.25, 0.3) is 0 Å². The molecular weight excluding hydrogens is 354 g/mol. The molecule has 1 aliphatic rings. The molecule has 5 heteroatoms. The summed E-state index contributed by atoms with van der Waals surface area (Å²) in [5.74, 6) is 0.0190. The van der Waals surface area contributed by atoms with Crippen LogP contribution in [0.4, 0.5) is 0 Å². The number of halogens is 1. The van der Waals surface area contributed by atoms with E-state index in [4.69, 9.17) is 0 Å². The van der Waals surface area contributed by atoms with Crippen molar-refractivity contribution in [3.05, 3.63) is 64.4 Å². The molecule has 1 unspecified atom stereocenters. The van der Waals surface area contributed by atoms with E-state index >= 15 is 0 Å². The van der Waals surface area contributed by atoms with E-state index < -0.39 is 0 Å². The molecule has 0 aliphatic heterocycles. The average Bonchev–Trinajstić information content (AvgIpc) is 2.61. The number of benzene rings is 1. The Kier molecular flexibility index (Phi) is 5.18. The molecule has 1 aliphatic carbocycles. The van der Waals surface area contributed by atoms with E-state index in [0.717, 1.165) is 35.1 Å². The van der Waals surface area contributed by atoms with Gasteiger partial charge in [-0.25, -0.2) is 5.43 Å². The van der Waals surface area contributed by atoms with Crippen molar-refractivity contribution >= 4 is 27.5 Å². The molecule has 118 valence electrons. The third kappa shape index (κ3) is 4.05. The highest BCUT2D eigenvalue weighted by molar-refractivity contribution is 9.10. The predicted octanol–water partition coefficient (Wildman–Crippen LogP) is 4.29. The number of rotatable bonds is 3. The van der Waals surface area contributed by atoms with E-state index in [-0.39, 0.29) is 11.8 Å². The van der Waals surface area contributed by atoms with E-state index in [1.165, 1.54) is 6.42 Å². The lowest BCUT2D eigenvalue weighted by Gasteiger charge is -2.23. The second-order valence-electron chi connectivity index (χ2n) is 5.60. The molecular formula is C18H18BrN3O. The molecule has 1 atom stereocenters. The van der Waals surface area contributed by atoms with Gasteiger partial charge in [-0.05, 0) is 55.7 Å². The fourth-order valence-electron chi connectivity index (χ4n) is 2.82. The zero-order valence-electron chi connectivity index (χ0n) is 12.7. The van der Waals surface area contributed by atoms with Crippen LogP contribution < -0.4 is 5.43 Å². The molecule has 0 radical (unpaired) electrons. The van der Waals surface area contributed by atoms with Crippen LogP contribution in [-0.4, -0.2) is 16.6 Å². The molecule has 4 nitrogen and oxygen atoms in total. The Balaban J connectivity index is 1.74. The summed E-state index contributed by atoms with van der Waals surface area (Å²) < 4.78 is 0.947. The maximum atomic E-state index is 12.2. The maximum absolute atomic E-state index is 12.2. The molecule has 0 saturated heterocycles. The predicted molar refractivity (Wildman–Crippen MR) is 94.5 cm³/mol. The Morgan fingerprint density at radius 3 is 2.74 bits per heavy atom. The largest absolute Gasteiger partial charge is 0.271 e. The van der Waals surface area contributed by atoms with E-state index in [0.29, 0.717) is 5.56 Å². The SMILES string of the molecule is O=C(NN=C1CCCCC1c1ccccn1)c1ccc(Br)cc1. The van der Waals surface area contributed by atoms with Crippen molar-refractivity contribution in [1.82, 2.24) is 10.4 Å². The van der Waals surface area contributed by atoms with Crippen molar-refractivity contribution in [2.24, 2.45) is 5.10 Å². The van der Waals surface area contributed by atoms with Gasteiger partial charge in [0, 0.05) is 33.6 Å². The van der Waals surface area contributed by atoms with E-state index in [9.17, 15) is 4.79 Å². The number of carbonyl (C=O) groups excluding carboxylic acids is 1. The summed E-state index contributed by atoms with van der Waals surface area (Å²) in [4.78, 5) is 16.6. The van der Waals surface area contributed by atoms with E-state index in [2.05, 4.69) is 31.4 Å². The fraction of sp³-hybridized carbons (Fsp3) is 0.278. The van der Waals surface area contributed by atoms with Gasteiger partial charge in [-0.15, -0.1) is 0 Å². The lowest BCUT2D eigenvalue weighted by Crippen LogP contribution is -2.25. The third-order valence-electron chi connectivity index (χ3n) is 4.03. The first-order valence-electron chi connectivity index (χ1n) is 7.77. The second kappa shape index (κ2) is 7.51. The van der Waals surface area contributed by atoms with Crippen LogP contribution in [0, 0.1) is 0 Å². The Labute approximate surface area is 144 Å². The van der Waals surface area contributed by atoms with Gasteiger partial charge in [0.05, 0.1) is 0 Å². The van der Waals surface area contributed by atoms with Crippen LogP contribution in [0.3, 0.4) is 0 Å². The number of aromatic nitrogens is 1. The number of carbonyl (C=O) groups is 1. The summed E-state index contributed by atoms with van der Waals surface area (Å²) in [6, 6.07) is 13.2. The quantitative estimate of drug-likeness (QED) is 0.818. The summed E-state index contributed by atoms with van der Waals surface area (Å²) in [5, 5.41) is 4.41. The summed E-state index contributed by atoms with van der Waals surface area (Å²) in [5.41, 5.74) is 5.34. The Morgan fingerprint density at radius 2 is 2.00 bits per heavy atom. The van der Waals surface area contributed by atoms with Gasteiger partial charge in [0.2, 0.25) is 0 Å². The zero-order chi connectivity index (χ0) is 16.1. The highest BCUT2D eigenvalue weighted by Gasteiger charge is 2.23. The van der Waals surface area contributed by atoms with Gasteiger partial charge in [0.1, 0.15) is 0 Å². The summed E-state index contributed by atoms with van der Waals surface area (Å²) in [6.07, 6.45) is 6.02. The number of hydrogen-bond acceptors (Lipinski definition) is 3. The van der Waals surface area contributed by atoms with Gasteiger partial charge in [0.25, 0.3) is 5.91 Å². The third-order valence-corrected chi connectivity index (χ3v) is 4.56. The molecule has 2 aromatic rings. The number of amides is 1. The molecule has 1 N–H and O–H groups in total. The Bertz CT molecular complexity index is 698. The van der Waals surface area contributed by atoms with Gasteiger partial charge in [-0.1, -0.05) is 28.4 Å². The number of nitrogens with one attached hydrogen (secondary N) is 1. The maximum Gasteiger partial charge on any atom is 0.271 e. The van der Waals surface area contributed by atoms with Crippen LogP contribution >= 0.6 is 15.9 Å².